The van der Waals surface area contributed by atoms with Gasteiger partial charge in [0.05, 0.1) is 0 Å². The Balaban J connectivity index is 2.44. The molecule has 0 bridgehead atoms. The van der Waals surface area contributed by atoms with Gasteiger partial charge in [-0.05, 0) is 0 Å². The molecule has 0 nitrogen and oxygen atoms in total. The summed E-state index contributed by atoms with van der Waals surface area (Å²) in [6.45, 7) is 0. The summed E-state index contributed by atoms with van der Waals surface area (Å²) < 4.78 is 5.43. The van der Waals surface area contributed by atoms with E-state index in [-0.39, 0.29) is 0 Å². The van der Waals surface area contributed by atoms with Gasteiger partial charge in [-0.1, -0.05) is 0 Å². The van der Waals surface area contributed by atoms with Crippen molar-refractivity contribution in [2.45, 2.75) is 0 Å². The van der Waals surface area contributed by atoms with Gasteiger partial charge >= 0.3 is 104 Å². The van der Waals surface area contributed by atoms with E-state index in [9.17, 15) is 0 Å². The molecule has 0 atom stereocenters. The summed E-state index contributed by atoms with van der Waals surface area (Å²) in [7, 11) is 0. The first-order chi connectivity index (χ1) is 6.38. The normalized spacial score (nSPS) is 15.2. The van der Waals surface area contributed by atoms with Crippen LogP contribution in [0.25, 0.3) is 0 Å². The van der Waals surface area contributed by atoms with E-state index in [0.717, 1.165) is 0 Å². The van der Waals surface area contributed by atoms with E-state index in [4.69, 9.17) is 0 Å². The molecular weight excluding hydrogens is 468 g/mol. The van der Waals surface area contributed by atoms with Gasteiger partial charge in [-0.2, -0.15) is 0 Å². The molecule has 0 saturated heterocycles. The van der Waals surface area contributed by atoms with Gasteiger partial charge in [0.2, 0.25) is 0 Å². The first-order valence-electron chi connectivity index (χ1n) is 4.04. The van der Waals surface area contributed by atoms with Gasteiger partial charge in [-0.3, -0.25) is 0 Å². The van der Waals surface area contributed by atoms with Crippen LogP contribution in [0.3, 0.4) is 0 Å². The second-order valence-electron chi connectivity index (χ2n) is 2.70. The Morgan fingerprint density at radius 3 is 2.54 bits per heavy atom. The third-order valence-corrected chi connectivity index (χ3v) is 8.64. The van der Waals surface area contributed by atoms with E-state index in [0.29, 0.717) is 0 Å². The van der Waals surface area contributed by atoms with Crippen LogP contribution >= 0.6 is 22.6 Å². The second kappa shape index (κ2) is 4.61. The zero-order chi connectivity index (χ0) is 9.10. The van der Waals surface area contributed by atoms with Gasteiger partial charge < -0.3 is 0 Å². The molecule has 0 fully saturated rings. The topological polar surface area (TPSA) is 0 Å². The van der Waals surface area contributed by atoms with Crippen molar-refractivity contribution in [3.8, 4) is 0 Å². The molecule has 1 aliphatic heterocycles. The molecule has 64 valence electrons. The molecule has 0 spiro atoms. The Morgan fingerprint density at radius 2 is 1.85 bits per heavy atom. The van der Waals surface area contributed by atoms with E-state index < -0.39 is 22.8 Å². The summed E-state index contributed by atoms with van der Waals surface area (Å²) in [6.07, 6.45) is 4.40. The fraction of sp³-hybridized carbons (Fsp3) is 0. The van der Waals surface area contributed by atoms with Crippen LogP contribution in [-0.4, -0.2) is 26.0 Å². The van der Waals surface area contributed by atoms with Crippen LogP contribution in [0.1, 0.15) is 5.56 Å². The van der Waals surface area contributed by atoms with Crippen molar-refractivity contribution >= 4 is 48.5 Å². The Labute approximate surface area is 103 Å². The molecule has 0 radical (unpaired) electrons. The quantitative estimate of drug-likeness (QED) is 0.433. The molecule has 1 heterocycles. The zero-order valence-electron chi connectivity index (χ0n) is 6.94. The summed E-state index contributed by atoms with van der Waals surface area (Å²) in [5, 5.41) is 0. The van der Waals surface area contributed by atoms with E-state index in [1.165, 1.54) is 9.14 Å². The van der Waals surface area contributed by atoms with Crippen LogP contribution in [0, 0.1) is 0 Å². The summed E-state index contributed by atoms with van der Waals surface area (Å²) in [4.78, 5) is 0. The fourth-order valence-corrected chi connectivity index (χ4v) is 6.11. The van der Waals surface area contributed by atoms with Gasteiger partial charge in [0.15, 0.2) is 0 Å². The van der Waals surface area contributed by atoms with E-state index >= 15 is 0 Å². The van der Waals surface area contributed by atoms with E-state index in [1.54, 1.807) is 3.21 Å². The van der Waals surface area contributed by atoms with Crippen molar-refractivity contribution in [3.63, 3.8) is 0 Å². The molecule has 2 heteroatoms. The first kappa shape index (κ1) is 9.73. The second-order valence-corrected chi connectivity index (χ2v) is 7.76. The third-order valence-electron chi connectivity index (χ3n) is 1.81. The summed E-state index contributed by atoms with van der Waals surface area (Å²) in [5.74, 6) is 0. The molecule has 1 aliphatic rings. The van der Waals surface area contributed by atoms with Crippen LogP contribution < -0.4 is 0 Å². The maximum absolute atomic E-state index is 2.44. The Hall–Kier alpha value is 0.183. The summed E-state index contributed by atoms with van der Waals surface area (Å²) in [6, 6.07) is 10.7. The van der Waals surface area contributed by atoms with Crippen LogP contribution in [0.2, 0.25) is 0 Å². The predicted octanol–water partition coefficient (Wildman–Crippen LogP) is 2.76. The van der Waals surface area contributed by atoms with Crippen molar-refractivity contribution in [1.82, 2.24) is 0 Å². The minimum absolute atomic E-state index is 0.528. The van der Waals surface area contributed by atoms with Crippen LogP contribution in [0.15, 0.2) is 49.8 Å². The summed E-state index contributed by atoms with van der Waals surface area (Å²) >= 11 is 1.91. The van der Waals surface area contributed by atoms with Crippen molar-refractivity contribution in [1.29, 1.82) is 0 Å². The SMILES string of the molecule is IC1=CC=[CH][Bi]=[C]1c1ccccc1. The Kier molecular flexibility index (Phi) is 3.45. The van der Waals surface area contributed by atoms with Gasteiger partial charge in [-0.25, -0.2) is 0 Å². The standard InChI is InChI=1S/C11H8I.Bi/c1-2-6-11(12)9-10-7-4-3-5-8-10;/h1-8H;. The molecular formula is C11H8BiI. The third kappa shape index (κ3) is 2.35. The van der Waals surface area contributed by atoms with Crippen molar-refractivity contribution < 1.29 is 0 Å². The minimum atomic E-state index is -0.528. The average Bonchev–Trinajstić information content (AvgIpc) is 2.20. The summed E-state index contributed by atoms with van der Waals surface area (Å²) in [5.41, 5.74) is 1.42. The number of hydrogen-bond acceptors (Lipinski definition) is 0. The molecule has 0 aromatic heterocycles. The van der Waals surface area contributed by atoms with E-state index in [2.05, 4.69) is 68.9 Å². The molecule has 13 heavy (non-hydrogen) atoms. The van der Waals surface area contributed by atoms with Crippen LogP contribution in [0.5, 0.6) is 0 Å². The van der Waals surface area contributed by atoms with Gasteiger partial charge in [0.1, 0.15) is 0 Å². The number of benzene rings is 1. The molecule has 1 aromatic carbocycles. The molecule has 0 unspecified atom stereocenters. The molecule has 0 N–H and O–H groups in total. The predicted molar refractivity (Wildman–Crippen MR) is 67.5 cm³/mol. The Bertz CT molecular complexity index is 388. The monoisotopic (exact) mass is 476 g/mol. The fourth-order valence-electron chi connectivity index (χ4n) is 1.19. The molecule has 2 rings (SSSR count). The van der Waals surface area contributed by atoms with E-state index in [1.807, 2.05) is 0 Å². The van der Waals surface area contributed by atoms with Crippen molar-refractivity contribution in [2.24, 2.45) is 0 Å². The first-order valence-corrected chi connectivity index (χ1v) is 8.86. The molecule has 0 aliphatic carbocycles. The number of allylic oxidation sites excluding steroid dienone is 3. The van der Waals surface area contributed by atoms with Gasteiger partial charge in [0, 0.05) is 0 Å². The zero-order valence-corrected chi connectivity index (χ0v) is 12.6. The van der Waals surface area contributed by atoms with Crippen molar-refractivity contribution in [3.05, 3.63) is 55.4 Å². The van der Waals surface area contributed by atoms with Crippen LogP contribution in [-0.2, 0) is 0 Å². The molecule has 0 saturated carbocycles. The average molecular weight is 476 g/mol. The maximum atomic E-state index is 2.44. The van der Waals surface area contributed by atoms with Crippen molar-refractivity contribution in [2.75, 3.05) is 0 Å². The number of rotatable bonds is 1. The Morgan fingerprint density at radius 1 is 1.08 bits per heavy atom. The van der Waals surface area contributed by atoms with Gasteiger partial charge in [-0.15, -0.1) is 0 Å². The number of hydrogen-bond donors (Lipinski definition) is 0. The number of halogens is 1. The molecule has 0 amide bonds. The van der Waals surface area contributed by atoms with Crippen LogP contribution in [0.4, 0.5) is 0 Å². The molecule has 1 aromatic rings. The van der Waals surface area contributed by atoms with Gasteiger partial charge in [0.25, 0.3) is 0 Å².